The van der Waals surface area contributed by atoms with E-state index in [0.29, 0.717) is 0 Å². The lowest BCUT2D eigenvalue weighted by molar-refractivity contribution is 0.416. The van der Waals surface area contributed by atoms with Crippen molar-refractivity contribution in [1.29, 1.82) is 0 Å². The van der Waals surface area contributed by atoms with Gasteiger partial charge in [0.05, 0.1) is 7.11 Å². The first kappa shape index (κ1) is 24.9. The molecule has 0 aromatic heterocycles. The molecule has 32 heavy (non-hydrogen) atoms. The standard InChI is InChI=1S/C26H35OP.O3S/c1-20-12-11-18-24(27-2)26(20)23-17-9-10-19-25(23)28(21-13-5-3-6-14-21)22-15-7-4-8-16-22;1-4(2)3/h9-12,17-19,21-22H,3-8,13-16H2,1-2H3;. The minimum Gasteiger partial charge on any atom is -0.496 e. The van der Waals surface area contributed by atoms with Gasteiger partial charge in [-0.1, -0.05) is 82.8 Å². The Balaban J connectivity index is 0.000000668. The van der Waals surface area contributed by atoms with Gasteiger partial charge in [0.2, 0.25) is 0 Å². The lowest BCUT2D eigenvalue weighted by Crippen LogP contribution is -2.27. The number of methoxy groups -OCH3 is 1. The molecule has 2 aliphatic carbocycles. The number of ether oxygens (including phenoxy) is 1. The van der Waals surface area contributed by atoms with E-state index in [-0.39, 0.29) is 7.92 Å². The molecule has 2 fully saturated rings. The highest BCUT2D eigenvalue weighted by Crippen LogP contribution is 2.56. The molecule has 0 amide bonds. The van der Waals surface area contributed by atoms with Crippen LogP contribution in [-0.2, 0) is 10.6 Å². The Labute approximate surface area is 195 Å². The van der Waals surface area contributed by atoms with Gasteiger partial charge in [-0.25, -0.2) is 0 Å². The number of hydrogen-bond donors (Lipinski definition) is 0. The van der Waals surface area contributed by atoms with Crippen LogP contribution in [-0.4, -0.2) is 31.1 Å². The van der Waals surface area contributed by atoms with E-state index < -0.39 is 10.6 Å². The number of aryl methyl sites for hydroxylation is 1. The predicted octanol–water partition coefficient (Wildman–Crippen LogP) is 6.44. The maximum Gasteiger partial charge on any atom is 0.425 e. The van der Waals surface area contributed by atoms with Crippen molar-refractivity contribution in [1.82, 2.24) is 0 Å². The minimum absolute atomic E-state index is 0.122. The normalized spacial score (nSPS) is 17.5. The van der Waals surface area contributed by atoms with Crippen LogP contribution in [0.2, 0.25) is 0 Å². The molecular formula is C26H35O4PS. The molecule has 2 aromatic rings. The van der Waals surface area contributed by atoms with Crippen molar-refractivity contribution >= 4 is 23.8 Å². The number of rotatable bonds is 5. The molecule has 4 nitrogen and oxygen atoms in total. The van der Waals surface area contributed by atoms with Crippen LogP contribution in [0.3, 0.4) is 0 Å². The second-order valence-corrected chi connectivity index (χ2v) is 12.0. The SMILES string of the molecule is COc1cccc(C)c1-c1ccccc1P(C1CCCCC1)C1CCCCC1.O=S(=O)=O. The van der Waals surface area contributed by atoms with Crippen molar-refractivity contribution in [3.05, 3.63) is 48.0 Å². The highest BCUT2D eigenvalue weighted by atomic mass is 32.2. The smallest absolute Gasteiger partial charge is 0.425 e. The molecule has 0 aliphatic heterocycles. The van der Waals surface area contributed by atoms with Crippen LogP contribution in [0, 0.1) is 6.92 Å². The summed E-state index contributed by atoms with van der Waals surface area (Å²) in [6.45, 7) is 2.23. The molecule has 0 saturated heterocycles. The predicted molar refractivity (Wildman–Crippen MR) is 133 cm³/mol. The molecule has 6 heteroatoms. The summed E-state index contributed by atoms with van der Waals surface area (Å²) in [6, 6.07) is 15.8. The number of benzene rings is 2. The molecule has 4 rings (SSSR count). The first-order valence-corrected chi connectivity index (χ1v) is 14.3. The Morgan fingerprint density at radius 3 is 1.84 bits per heavy atom. The summed E-state index contributed by atoms with van der Waals surface area (Å²) >= 11 is 0. The van der Waals surface area contributed by atoms with Crippen molar-refractivity contribution in [2.45, 2.75) is 82.4 Å². The second-order valence-electron chi connectivity index (χ2n) is 8.86. The molecule has 2 saturated carbocycles. The van der Waals surface area contributed by atoms with Crippen LogP contribution in [0.4, 0.5) is 0 Å². The lowest BCUT2D eigenvalue weighted by Gasteiger charge is -2.39. The summed E-state index contributed by atoms with van der Waals surface area (Å²) in [5, 5.41) is 1.66. The Bertz CT molecular complexity index is 953. The minimum atomic E-state index is -3.11. The highest BCUT2D eigenvalue weighted by molar-refractivity contribution is 7.67. The first-order chi connectivity index (χ1) is 15.5. The average molecular weight is 475 g/mol. The van der Waals surface area contributed by atoms with E-state index in [1.807, 2.05) is 7.11 Å². The van der Waals surface area contributed by atoms with Gasteiger partial charge in [-0.15, -0.1) is 12.6 Å². The van der Waals surface area contributed by atoms with Gasteiger partial charge in [0.1, 0.15) is 5.75 Å². The Hall–Kier alpha value is -1.71. The van der Waals surface area contributed by atoms with Crippen LogP contribution >= 0.6 is 7.92 Å². The first-order valence-electron chi connectivity index (χ1n) is 11.8. The topological polar surface area (TPSA) is 60.4 Å². The summed E-state index contributed by atoms with van der Waals surface area (Å²) in [7, 11) is -1.42. The van der Waals surface area contributed by atoms with Crippen molar-refractivity contribution in [3.8, 4) is 16.9 Å². The molecule has 2 aromatic carbocycles. The zero-order chi connectivity index (χ0) is 22.9. The van der Waals surface area contributed by atoms with Gasteiger partial charge < -0.3 is 4.74 Å². The van der Waals surface area contributed by atoms with Crippen LogP contribution in [0.25, 0.3) is 11.1 Å². The molecule has 0 atom stereocenters. The van der Waals surface area contributed by atoms with Gasteiger partial charge in [0.25, 0.3) is 0 Å². The fourth-order valence-electron chi connectivity index (χ4n) is 5.48. The molecule has 2 aliphatic rings. The molecule has 0 spiro atoms. The molecule has 0 heterocycles. The Morgan fingerprint density at radius 1 is 0.781 bits per heavy atom. The van der Waals surface area contributed by atoms with Crippen molar-refractivity contribution < 1.29 is 17.4 Å². The van der Waals surface area contributed by atoms with Gasteiger partial charge in [-0.05, 0) is 66.4 Å². The third-order valence-electron chi connectivity index (χ3n) is 6.84. The van der Waals surface area contributed by atoms with Gasteiger partial charge >= 0.3 is 10.6 Å². The third kappa shape index (κ3) is 6.42. The zero-order valence-electron chi connectivity index (χ0n) is 19.3. The lowest BCUT2D eigenvalue weighted by atomic mass is 9.99. The molecular weight excluding hydrogens is 439 g/mol. The maximum absolute atomic E-state index is 8.44. The van der Waals surface area contributed by atoms with Crippen molar-refractivity contribution in [2.24, 2.45) is 0 Å². The number of hydrogen-bond acceptors (Lipinski definition) is 4. The second kappa shape index (κ2) is 12.5. The van der Waals surface area contributed by atoms with Crippen LogP contribution in [0.1, 0.15) is 69.8 Å². The maximum atomic E-state index is 8.44. The average Bonchev–Trinajstić information content (AvgIpc) is 2.81. The van der Waals surface area contributed by atoms with E-state index in [1.165, 1.54) is 80.9 Å². The monoisotopic (exact) mass is 474 g/mol. The summed E-state index contributed by atoms with van der Waals surface area (Å²) in [6.07, 6.45) is 14.4. The fraction of sp³-hybridized carbons (Fsp3) is 0.538. The zero-order valence-corrected chi connectivity index (χ0v) is 21.0. The Morgan fingerprint density at radius 2 is 1.31 bits per heavy atom. The summed E-state index contributed by atoms with van der Waals surface area (Å²) in [5.41, 5.74) is 5.93. The van der Waals surface area contributed by atoms with E-state index in [9.17, 15) is 0 Å². The summed E-state index contributed by atoms with van der Waals surface area (Å²) < 4.78 is 31.1. The van der Waals surface area contributed by atoms with Crippen molar-refractivity contribution in [2.75, 3.05) is 7.11 Å². The summed E-state index contributed by atoms with van der Waals surface area (Å²) in [4.78, 5) is 0. The van der Waals surface area contributed by atoms with E-state index in [2.05, 4.69) is 49.4 Å². The molecule has 0 radical (unpaired) electrons. The van der Waals surface area contributed by atoms with E-state index in [4.69, 9.17) is 17.4 Å². The van der Waals surface area contributed by atoms with Gasteiger partial charge in [-0.2, -0.15) is 0 Å². The fourth-order valence-corrected chi connectivity index (χ4v) is 9.43. The largest absolute Gasteiger partial charge is 0.496 e. The molecule has 174 valence electrons. The molecule has 0 unspecified atom stereocenters. The van der Waals surface area contributed by atoms with E-state index >= 15 is 0 Å². The van der Waals surface area contributed by atoms with Gasteiger partial charge in [0, 0.05) is 5.56 Å². The highest BCUT2D eigenvalue weighted by Gasteiger charge is 2.34. The summed E-state index contributed by atoms with van der Waals surface area (Å²) in [5.74, 6) is 1.02. The van der Waals surface area contributed by atoms with Gasteiger partial charge in [0.15, 0.2) is 0 Å². The van der Waals surface area contributed by atoms with Gasteiger partial charge in [-0.3, -0.25) is 0 Å². The molecule has 0 bridgehead atoms. The van der Waals surface area contributed by atoms with Crippen LogP contribution in [0.15, 0.2) is 42.5 Å². The third-order valence-corrected chi connectivity index (χ3v) is 10.4. The molecule has 0 N–H and O–H groups in total. The van der Waals surface area contributed by atoms with E-state index in [0.717, 1.165) is 17.1 Å². The Kier molecular flexibility index (Phi) is 9.74. The van der Waals surface area contributed by atoms with E-state index in [1.54, 1.807) is 5.30 Å². The van der Waals surface area contributed by atoms with Crippen LogP contribution in [0.5, 0.6) is 5.75 Å². The quantitative estimate of drug-likeness (QED) is 0.468. The van der Waals surface area contributed by atoms with Crippen molar-refractivity contribution in [3.63, 3.8) is 0 Å². The van der Waals surface area contributed by atoms with Crippen LogP contribution < -0.4 is 10.0 Å².